The molecule has 0 spiro atoms. The second kappa shape index (κ2) is 2.70. The van der Waals surface area contributed by atoms with Crippen LogP contribution in [-0.2, 0) is 0 Å². The highest BCUT2D eigenvalue weighted by Gasteiger charge is 1.66. The van der Waals surface area contributed by atoms with Gasteiger partial charge in [0.25, 0.3) is 0 Å². The van der Waals surface area contributed by atoms with Crippen LogP contribution in [0, 0.1) is 6.92 Å². The third-order valence-electron chi connectivity index (χ3n) is 0.633. The lowest BCUT2D eigenvalue weighted by Gasteiger charge is -1.78. The van der Waals surface area contributed by atoms with E-state index in [1.54, 1.807) is 6.08 Å². The van der Waals surface area contributed by atoms with Gasteiger partial charge in [-0.15, -0.1) is 0 Å². The summed E-state index contributed by atoms with van der Waals surface area (Å²) >= 11 is 0. The van der Waals surface area contributed by atoms with Crippen molar-refractivity contribution in [1.82, 2.24) is 0 Å². The molecule has 0 unspecified atom stereocenters. The van der Waals surface area contributed by atoms with E-state index in [-0.39, 0.29) is 0 Å². The van der Waals surface area contributed by atoms with E-state index in [0.29, 0.717) is 0 Å². The molecule has 0 bridgehead atoms. The second-order valence-corrected chi connectivity index (χ2v) is 1.07. The molecule has 0 saturated carbocycles. The summed E-state index contributed by atoms with van der Waals surface area (Å²) in [5.74, 6) is 0. The molecule has 0 heterocycles. The van der Waals surface area contributed by atoms with Gasteiger partial charge < -0.3 is 0 Å². The minimum atomic E-state index is 0.981. The molecule has 0 fully saturated rings. The van der Waals surface area contributed by atoms with Gasteiger partial charge in [-0.3, -0.25) is 0 Å². The molecule has 0 atom stereocenters. The molecular formula is C6H9. The van der Waals surface area contributed by atoms with E-state index in [1.807, 2.05) is 13.0 Å². The molecule has 1 radical (unpaired) electrons. The first-order valence-corrected chi connectivity index (χ1v) is 1.92. The molecule has 0 nitrogen and oxygen atoms in total. The fourth-order valence-corrected chi connectivity index (χ4v) is 0.118. The van der Waals surface area contributed by atoms with E-state index in [9.17, 15) is 0 Å². The highest BCUT2D eigenvalue weighted by Crippen LogP contribution is 1.87. The summed E-state index contributed by atoms with van der Waals surface area (Å²) in [7, 11) is 0. The summed E-state index contributed by atoms with van der Waals surface area (Å²) in [6, 6.07) is 0. The largest absolute Gasteiger partial charge is 0.0988 e. The monoisotopic (exact) mass is 81.1 g/mol. The number of hydrogen-bond acceptors (Lipinski definition) is 0. The summed E-state index contributed by atoms with van der Waals surface area (Å²) in [6.07, 6.45) is 3.63. The first-order chi connectivity index (χ1) is 2.81. The smallest absolute Gasteiger partial charge is 0.0242 e. The highest BCUT2D eigenvalue weighted by molar-refractivity contribution is 5.17. The minimum Gasteiger partial charge on any atom is -0.0988 e. The summed E-state index contributed by atoms with van der Waals surface area (Å²) in [5, 5.41) is 0. The zero-order valence-electron chi connectivity index (χ0n) is 4.07. The van der Waals surface area contributed by atoms with E-state index in [1.165, 1.54) is 0 Å². The molecule has 0 aliphatic heterocycles. The first kappa shape index (κ1) is 5.48. The van der Waals surface area contributed by atoms with E-state index < -0.39 is 0 Å². The van der Waals surface area contributed by atoms with Crippen LogP contribution in [0.3, 0.4) is 0 Å². The van der Waals surface area contributed by atoms with Gasteiger partial charge in [-0.2, -0.15) is 0 Å². The van der Waals surface area contributed by atoms with Crippen LogP contribution in [0.15, 0.2) is 24.3 Å². The summed E-state index contributed by atoms with van der Waals surface area (Å²) in [4.78, 5) is 0. The van der Waals surface area contributed by atoms with Gasteiger partial charge in [-0.1, -0.05) is 24.3 Å². The van der Waals surface area contributed by atoms with Crippen LogP contribution in [0.1, 0.15) is 6.92 Å². The molecular weight excluding hydrogens is 72.1 g/mol. The maximum Gasteiger partial charge on any atom is -0.0242 e. The molecule has 0 heteroatoms. The van der Waals surface area contributed by atoms with Crippen molar-refractivity contribution < 1.29 is 0 Å². The van der Waals surface area contributed by atoms with Crippen LogP contribution in [0.2, 0.25) is 0 Å². The van der Waals surface area contributed by atoms with Gasteiger partial charge in [0.15, 0.2) is 0 Å². The van der Waals surface area contributed by atoms with Gasteiger partial charge in [0.1, 0.15) is 0 Å². The van der Waals surface area contributed by atoms with Crippen LogP contribution >= 0.6 is 0 Å². The lowest BCUT2D eigenvalue weighted by atomic mass is 10.3. The predicted octanol–water partition coefficient (Wildman–Crippen LogP) is 1.95. The van der Waals surface area contributed by atoms with Crippen molar-refractivity contribution in [2.45, 2.75) is 6.92 Å². The van der Waals surface area contributed by atoms with Gasteiger partial charge in [-0.25, -0.2) is 0 Å². The zero-order valence-corrected chi connectivity index (χ0v) is 4.07. The van der Waals surface area contributed by atoms with E-state index >= 15 is 0 Å². The van der Waals surface area contributed by atoms with E-state index in [0.717, 1.165) is 5.57 Å². The standard InChI is InChI=1S/C6H9/c1-4-6(3)5-2/h4-5H,1,3H2,2H3. The lowest BCUT2D eigenvalue weighted by Crippen LogP contribution is -1.58. The Labute approximate surface area is 39.2 Å². The molecule has 0 rings (SSSR count). The van der Waals surface area contributed by atoms with Crippen molar-refractivity contribution in [2.75, 3.05) is 0 Å². The molecule has 0 amide bonds. The predicted molar refractivity (Wildman–Crippen MR) is 29.3 cm³/mol. The van der Waals surface area contributed by atoms with E-state index in [2.05, 4.69) is 13.5 Å². The normalized spacial score (nSPS) is 11.3. The van der Waals surface area contributed by atoms with Crippen molar-refractivity contribution in [2.24, 2.45) is 0 Å². The van der Waals surface area contributed by atoms with Gasteiger partial charge in [-0.05, 0) is 13.8 Å². The summed E-state index contributed by atoms with van der Waals surface area (Å²) in [6.45, 7) is 9.05. The Bertz CT molecular complexity index is 68.1. The molecule has 0 aromatic heterocycles. The van der Waals surface area contributed by atoms with Gasteiger partial charge >= 0.3 is 0 Å². The zero-order chi connectivity index (χ0) is 4.99. The van der Waals surface area contributed by atoms with Gasteiger partial charge in [0.05, 0.1) is 0 Å². The third-order valence-corrected chi connectivity index (χ3v) is 0.633. The van der Waals surface area contributed by atoms with Crippen LogP contribution < -0.4 is 0 Å². The number of rotatable bonds is 1. The van der Waals surface area contributed by atoms with Gasteiger partial charge in [0, 0.05) is 0 Å². The van der Waals surface area contributed by atoms with Crippen molar-refractivity contribution in [3.63, 3.8) is 0 Å². The van der Waals surface area contributed by atoms with Crippen molar-refractivity contribution >= 4 is 0 Å². The quantitative estimate of drug-likeness (QED) is 0.423. The fraction of sp³-hybridized carbons (Fsp3) is 0.167. The summed E-state index contributed by atoms with van der Waals surface area (Å²) in [5.41, 5.74) is 0.981. The van der Waals surface area contributed by atoms with Gasteiger partial charge in [0.2, 0.25) is 0 Å². The maximum atomic E-state index is 3.62. The fourth-order valence-electron chi connectivity index (χ4n) is 0.118. The van der Waals surface area contributed by atoms with Crippen LogP contribution in [0.4, 0.5) is 0 Å². The van der Waals surface area contributed by atoms with Crippen molar-refractivity contribution in [1.29, 1.82) is 0 Å². The Morgan fingerprint density at radius 2 is 2.17 bits per heavy atom. The Morgan fingerprint density at radius 3 is 2.17 bits per heavy atom. The first-order valence-electron chi connectivity index (χ1n) is 1.92. The molecule has 0 aliphatic rings. The van der Waals surface area contributed by atoms with E-state index in [4.69, 9.17) is 0 Å². The minimum absolute atomic E-state index is 0.981. The Kier molecular flexibility index (Phi) is 2.47. The molecule has 33 valence electrons. The Balaban J connectivity index is 3.50. The highest BCUT2D eigenvalue weighted by atomic mass is 13.7. The van der Waals surface area contributed by atoms with Crippen LogP contribution in [0.5, 0.6) is 0 Å². The molecule has 0 aromatic carbocycles. The average Bonchev–Trinajstić information content (AvgIpc) is 1.65. The summed E-state index contributed by atoms with van der Waals surface area (Å²) < 4.78 is 0. The van der Waals surface area contributed by atoms with Crippen LogP contribution in [0.25, 0.3) is 0 Å². The van der Waals surface area contributed by atoms with Crippen molar-refractivity contribution in [3.8, 4) is 0 Å². The Morgan fingerprint density at radius 1 is 1.67 bits per heavy atom. The molecule has 0 saturated heterocycles. The topological polar surface area (TPSA) is 0 Å². The SMILES string of the molecule is [CH2]C(C=C)=CC. The third kappa shape index (κ3) is 1.77. The second-order valence-electron chi connectivity index (χ2n) is 1.07. The number of hydrogen-bond donors (Lipinski definition) is 0. The maximum absolute atomic E-state index is 3.62. The Hall–Kier alpha value is -0.520. The van der Waals surface area contributed by atoms with Crippen molar-refractivity contribution in [3.05, 3.63) is 31.2 Å². The molecule has 0 aliphatic carbocycles. The molecule has 6 heavy (non-hydrogen) atoms. The average molecular weight is 81.1 g/mol. The molecule has 0 N–H and O–H groups in total. The van der Waals surface area contributed by atoms with Crippen LogP contribution in [-0.4, -0.2) is 0 Å². The number of allylic oxidation sites excluding steroid dienone is 3. The lowest BCUT2D eigenvalue weighted by molar-refractivity contribution is 1.62. The molecule has 0 aromatic rings.